The fourth-order valence-electron chi connectivity index (χ4n) is 2.04. The van der Waals surface area contributed by atoms with E-state index in [2.05, 4.69) is 5.32 Å². The second kappa shape index (κ2) is 6.91. The molecule has 2 amide bonds. The smallest absolute Gasteiger partial charge is 0.251 e. The number of rotatable bonds is 4. The normalized spacial score (nSPS) is 14.9. The minimum Gasteiger partial charge on any atom is -0.399 e. The number of nitrogen functional groups attached to an aromatic ring is 1. The zero-order valence-electron chi connectivity index (χ0n) is 11.3. The monoisotopic (exact) mass is 277 g/mol. The number of hydrogen-bond acceptors (Lipinski definition) is 4. The average molecular weight is 277 g/mol. The van der Waals surface area contributed by atoms with Gasteiger partial charge in [-0.25, -0.2) is 0 Å². The van der Waals surface area contributed by atoms with Crippen LogP contribution in [0, 0.1) is 0 Å². The number of ether oxygens (including phenoxy) is 1. The van der Waals surface area contributed by atoms with E-state index in [4.69, 9.17) is 10.5 Å². The van der Waals surface area contributed by atoms with Gasteiger partial charge in [0.1, 0.15) is 0 Å². The van der Waals surface area contributed by atoms with Crippen molar-refractivity contribution in [3.8, 4) is 0 Å². The van der Waals surface area contributed by atoms with E-state index < -0.39 is 0 Å². The van der Waals surface area contributed by atoms with E-state index in [1.165, 1.54) is 0 Å². The second-order valence-electron chi connectivity index (χ2n) is 4.62. The van der Waals surface area contributed by atoms with Crippen molar-refractivity contribution in [1.29, 1.82) is 0 Å². The molecule has 0 bridgehead atoms. The molecule has 0 unspecified atom stereocenters. The summed E-state index contributed by atoms with van der Waals surface area (Å²) in [6, 6.07) is 6.75. The molecule has 0 aliphatic carbocycles. The summed E-state index contributed by atoms with van der Waals surface area (Å²) >= 11 is 0. The fraction of sp³-hybridized carbons (Fsp3) is 0.429. The third-order valence-corrected chi connectivity index (χ3v) is 3.14. The van der Waals surface area contributed by atoms with Crippen LogP contribution in [-0.4, -0.2) is 49.6 Å². The van der Waals surface area contributed by atoms with Gasteiger partial charge >= 0.3 is 0 Å². The Morgan fingerprint density at radius 1 is 1.30 bits per heavy atom. The molecule has 2 rings (SSSR count). The lowest BCUT2D eigenvalue weighted by molar-refractivity contribution is -0.135. The van der Waals surface area contributed by atoms with E-state index in [0.29, 0.717) is 50.5 Å². The van der Waals surface area contributed by atoms with Crippen LogP contribution in [0.15, 0.2) is 24.3 Å². The number of carbonyl (C=O) groups is 2. The first kappa shape index (κ1) is 14.3. The van der Waals surface area contributed by atoms with Gasteiger partial charge in [-0.1, -0.05) is 6.07 Å². The van der Waals surface area contributed by atoms with Crippen LogP contribution in [0.4, 0.5) is 5.69 Å². The predicted octanol–water partition coefficient (Wildman–Crippen LogP) is 0.248. The van der Waals surface area contributed by atoms with Crippen LogP contribution in [0.1, 0.15) is 16.8 Å². The van der Waals surface area contributed by atoms with Crippen LogP contribution in [-0.2, 0) is 9.53 Å². The van der Waals surface area contributed by atoms with Crippen molar-refractivity contribution >= 4 is 17.5 Å². The molecular weight excluding hydrogens is 258 g/mol. The maximum atomic E-state index is 11.9. The molecule has 0 saturated carbocycles. The molecule has 1 saturated heterocycles. The Kier molecular flexibility index (Phi) is 4.95. The van der Waals surface area contributed by atoms with E-state index in [0.717, 1.165) is 0 Å². The number of morpholine rings is 1. The Bertz CT molecular complexity index is 484. The third kappa shape index (κ3) is 3.96. The molecule has 3 N–H and O–H groups in total. The van der Waals surface area contributed by atoms with Gasteiger partial charge in [0.15, 0.2) is 0 Å². The van der Waals surface area contributed by atoms with Crippen molar-refractivity contribution in [2.45, 2.75) is 6.42 Å². The minimum atomic E-state index is -0.216. The molecule has 6 nitrogen and oxygen atoms in total. The van der Waals surface area contributed by atoms with Crippen molar-refractivity contribution in [1.82, 2.24) is 10.2 Å². The first-order valence-electron chi connectivity index (χ1n) is 6.66. The van der Waals surface area contributed by atoms with E-state index >= 15 is 0 Å². The van der Waals surface area contributed by atoms with E-state index in [1.807, 2.05) is 0 Å². The molecule has 1 aromatic carbocycles. The lowest BCUT2D eigenvalue weighted by Crippen LogP contribution is -2.42. The molecule has 1 aliphatic rings. The first-order chi connectivity index (χ1) is 9.66. The van der Waals surface area contributed by atoms with Crippen molar-refractivity contribution in [3.05, 3.63) is 29.8 Å². The Labute approximate surface area is 117 Å². The molecule has 1 aliphatic heterocycles. The SMILES string of the molecule is Nc1cccc(C(=O)NCCC(=O)N2CCOCC2)c1. The lowest BCUT2D eigenvalue weighted by atomic mass is 10.2. The summed E-state index contributed by atoms with van der Waals surface area (Å²) < 4.78 is 5.19. The maximum absolute atomic E-state index is 11.9. The highest BCUT2D eigenvalue weighted by Gasteiger charge is 2.16. The van der Waals surface area contributed by atoms with E-state index in [1.54, 1.807) is 29.2 Å². The van der Waals surface area contributed by atoms with Crippen LogP contribution in [0.2, 0.25) is 0 Å². The molecule has 20 heavy (non-hydrogen) atoms. The molecule has 1 aromatic rings. The quantitative estimate of drug-likeness (QED) is 0.773. The highest BCUT2D eigenvalue weighted by Crippen LogP contribution is 2.06. The predicted molar refractivity (Wildman–Crippen MR) is 75.2 cm³/mol. The Morgan fingerprint density at radius 2 is 2.05 bits per heavy atom. The van der Waals surface area contributed by atoms with Gasteiger partial charge in [0.05, 0.1) is 13.2 Å². The summed E-state index contributed by atoms with van der Waals surface area (Å²) in [6.07, 6.45) is 0.300. The molecule has 0 aromatic heterocycles. The number of carbonyl (C=O) groups excluding carboxylic acids is 2. The maximum Gasteiger partial charge on any atom is 0.251 e. The second-order valence-corrected chi connectivity index (χ2v) is 4.62. The van der Waals surface area contributed by atoms with Gasteiger partial charge in [-0.3, -0.25) is 9.59 Å². The lowest BCUT2D eigenvalue weighted by Gasteiger charge is -2.26. The van der Waals surface area contributed by atoms with Crippen molar-refractivity contribution in [2.75, 3.05) is 38.6 Å². The molecule has 6 heteroatoms. The van der Waals surface area contributed by atoms with Crippen LogP contribution in [0.5, 0.6) is 0 Å². The zero-order chi connectivity index (χ0) is 14.4. The number of nitrogens with zero attached hydrogens (tertiary/aromatic N) is 1. The zero-order valence-corrected chi connectivity index (χ0v) is 11.3. The molecule has 0 radical (unpaired) electrons. The number of hydrogen-bond donors (Lipinski definition) is 2. The fourth-order valence-corrected chi connectivity index (χ4v) is 2.04. The highest BCUT2D eigenvalue weighted by molar-refractivity contribution is 5.95. The highest BCUT2D eigenvalue weighted by atomic mass is 16.5. The number of anilines is 1. The van der Waals surface area contributed by atoms with Crippen molar-refractivity contribution in [2.24, 2.45) is 0 Å². The van der Waals surface area contributed by atoms with Crippen molar-refractivity contribution in [3.63, 3.8) is 0 Å². The number of benzene rings is 1. The molecule has 0 atom stereocenters. The summed E-state index contributed by atoms with van der Waals surface area (Å²) in [6.45, 7) is 2.75. The summed E-state index contributed by atoms with van der Waals surface area (Å²) in [7, 11) is 0. The van der Waals surface area contributed by atoms with Crippen LogP contribution < -0.4 is 11.1 Å². The van der Waals surface area contributed by atoms with Gasteiger partial charge in [-0.15, -0.1) is 0 Å². The topological polar surface area (TPSA) is 84.7 Å². The number of nitrogens with one attached hydrogen (secondary N) is 1. The average Bonchev–Trinajstić information content (AvgIpc) is 2.48. The Balaban J connectivity index is 1.75. The van der Waals surface area contributed by atoms with Gasteiger partial charge in [0, 0.05) is 37.3 Å². The summed E-state index contributed by atoms with van der Waals surface area (Å²) in [5.41, 5.74) is 6.67. The van der Waals surface area contributed by atoms with Crippen molar-refractivity contribution < 1.29 is 14.3 Å². The van der Waals surface area contributed by atoms with Gasteiger partial charge in [-0.05, 0) is 18.2 Å². The van der Waals surface area contributed by atoms with Gasteiger partial charge in [-0.2, -0.15) is 0 Å². The molecule has 1 heterocycles. The summed E-state index contributed by atoms with van der Waals surface area (Å²) in [4.78, 5) is 25.5. The standard InChI is InChI=1S/C14H19N3O3/c15-12-3-1-2-11(10-12)14(19)16-5-4-13(18)17-6-8-20-9-7-17/h1-3,10H,4-9,15H2,(H,16,19). The van der Waals surface area contributed by atoms with Gasteiger partial charge in [0.25, 0.3) is 5.91 Å². The Morgan fingerprint density at radius 3 is 2.75 bits per heavy atom. The molecule has 1 fully saturated rings. The number of nitrogens with two attached hydrogens (primary N) is 1. The minimum absolute atomic E-state index is 0.0428. The first-order valence-corrected chi connectivity index (χ1v) is 6.66. The van der Waals surface area contributed by atoms with E-state index in [-0.39, 0.29) is 11.8 Å². The summed E-state index contributed by atoms with van der Waals surface area (Å²) in [5, 5.41) is 2.72. The largest absolute Gasteiger partial charge is 0.399 e. The third-order valence-electron chi connectivity index (χ3n) is 3.14. The Hall–Kier alpha value is -2.08. The van der Waals surface area contributed by atoms with Crippen LogP contribution >= 0.6 is 0 Å². The van der Waals surface area contributed by atoms with Gasteiger partial charge in [0.2, 0.25) is 5.91 Å². The molecular formula is C14H19N3O3. The van der Waals surface area contributed by atoms with Crippen LogP contribution in [0.3, 0.4) is 0 Å². The van der Waals surface area contributed by atoms with Gasteiger partial charge < -0.3 is 20.7 Å². The summed E-state index contributed by atoms with van der Waals surface area (Å²) in [5.74, 6) is -0.173. The van der Waals surface area contributed by atoms with E-state index in [9.17, 15) is 9.59 Å². The van der Waals surface area contributed by atoms with Crippen LogP contribution in [0.25, 0.3) is 0 Å². The number of amides is 2. The molecule has 0 spiro atoms. The molecule has 108 valence electrons.